The number of hydrogen-bond acceptors (Lipinski definition) is 0. The summed E-state index contributed by atoms with van der Waals surface area (Å²) in [6.07, 6.45) is 9.04. The molecule has 2 heteroatoms. The lowest BCUT2D eigenvalue weighted by molar-refractivity contribution is 0.603. The Morgan fingerprint density at radius 2 is 1.21 bits per heavy atom. The van der Waals surface area contributed by atoms with Crippen LogP contribution in [0.3, 0.4) is 0 Å². The second-order valence-corrected chi connectivity index (χ2v) is 18.4. The van der Waals surface area contributed by atoms with Crippen molar-refractivity contribution in [1.82, 2.24) is 0 Å². The molecule has 0 saturated heterocycles. The Labute approximate surface area is 242 Å². The van der Waals surface area contributed by atoms with E-state index in [4.69, 9.17) is 0 Å². The number of allylic oxidation sites excluding steroid dienone is 2. The van der Waals surface area contributed by atoms with Crippen molar-refractivity contribution in [2.45, 2.75) is 35.5 Å². The van der Waals surface area contributed by atoms with E-state index >= 15 is 0 Å². The van der Waals surface area contributed by atoms with Crippen LogP contribution in [0.15, 0.2) is 29.8 Å². The fourth-order valence-electron chi connectivity index (χ4n) is 14.2. The van der Waals surface area contributed by atoms with Gasteiger partial charge in [-0.2, -0.15) is 0 Å². The average molecular weight is 561 g/mol. The molecule has 0 heterocycles. The van der Waals surface area contributed by atoms with Crippen LogP contribution in [0.25, 0.3) is 97.8 Å². The Bertz CT molecular complexity index is 3300. The van der Waals surface area contributed by atoms with Crippen molar-refractivity contribution in [2.75, 3.05) is 0 Å². The molecule has 0 nitrogen and oxygen atoms in total. The lowest BCUT2D eigenvalue weighted by Crippen LogP contribution is -2.32. The number of rotatable bonds is 0. The van der Waals surface area contributed by atoms with Gasteiger partial charge in [-0.25, -0.2) is 0 Å². The third-order valence-electron chi connectivity index (χ3n) is 14.9. The van der Waals surface area contributed by atoms with Gasteiger partial charge in [-0.15, -0.1) is 18.5 Å². The minimum Gasteiger partial charge on any atom is -0.125 e. The van der Waals surface area contributed by atoms with Gasteiger partial charge in [0.1, 0.15) is 0 Å². The predicted octanol–water partition coefficient (Wildman–Crippen LogP) is 7.39. The normalized spacial score (nSPS) is 30.2. The fourth-order valence-corrected chi connectivity index (χ4v) is 15.7. The summed E-state index contributed by atoms with van der Waals surface area (Å²) in [6, 6.07) is 8.00. The third-order valence-corrected chi connectivity index (χ3v) is 16.5. The maximum absolute atomic E-state index is 3.40. The second kappa shape index (κ2) is 4.46. The van der Waals surface area contributed by atoms with Crippen molar-refractivity contribution < 1.29 is 0 Å². The quantitative estimate of drug-likeness (QED) is 0.134. The molecule has 1 spiro atoms. The molecule has 6 atom stereocenters. The highest BCUT2D eigenvalue weighted by molar-refractivity contribution is 7.41. The van der Waals surface area contributed by atoms with Gasteiger partial charge < -0.3 is 0 Å². The van der Waals surface area contributed by atoms with Crippen LogP contribution in [-0.2, 0) is 24.7 Å². The molecule has 0 bridgehead atoms. The Hall–Kier alpha value is -3.30. The highest BCUT2D eigenvalue weighted by Gasteiger charge is 2.76. The molecule has 1 saturated carbocycles. The smallest absolute Gasteiger partial charge is 0.0365 e. The fraction of sp³-hybridized carbons (Fsp3) is 0.200. The molecular weight excluding hydrogens is 542 g/mol. The van der Waals surface area contributed by atoms with E-state index in [2.05, 4.69) is 48.8 Å². The lowest BCUT2D eigenvalue weighted by Gasteiger charge is -2.32. The van der Waals surface area contributed by atoms with Crippen molar-refractivity contribution in [3.8, 4) is 0 Å². The Morgan fingerprint density at radius 1 is 0.595 bits per heavy atom. The standard InChI is InChI=1S/C40H18P2/c41-40(42)38-16-7-14-5-12-3-10-1-9-2-11-4-13-6-15-8-39(38,40)37-35-23(15)19(13)27-21(11)25-17(9)18(10)26-22(12)28-20(14)24(16)36(37)34-32(28)30(26)29(25)31(27)33(34)35/h2-3,6-8,14,20,38H,1,4-5,41-42H2. The van der Waals surface area contributed by atoms with E-state index in [1.807, 2.05) is 0 Å². The summed E-state index contributed by atoms with van der Waals surface area (Å²) in [4.78, 5) is 0.0923. The molecule has 9 aromatic rings. The van der Waals surface area contributed by atoms with Crippen LogP contribution in [0, 0.1) is 11.8 Å². The second-order valence-electron chi connectivity index (χ2n) is 15.8. The van der Waals surface area contributed by atoms with Gasteiger partial charge in [-0.3, -0.25) is 0 Å². The van der Waals surface area contributed by atoms with Gasteiger partial charge in [0.25, 0.3) is 0 Å². The van der Waals surface area contributed by atoms with Gasteiger partial charge >= 0.3 is 0 Å². The summed E-state index contributed by atoms with van der Waals surface area (Å²) >= 11 is 0. The average Bonchev–Trinajstić information content (AvgIpc) is 3.67. The topological polar surface area (TPSA) is 0 Å². The molecule has 17 rings (SSSR count). The number of benzene rings is 5. The van der Waals surface area contributed by atoms with Crippen LogP contribution in [0.4, 0.5) is 0 Å². The molecule has 8 aliphatic carbocycles. The van der Waals surface area contributed by atoms with E-state index in [9.17, 15) is 0 Å². The van der Waals surface area contributed by atoms with Gasteiger partial charge in [-0.1, -0.05) is 30.4 Å². The highest BCUT2D eigenvalue weighted by Crippen LogP contribution is 2.81. The first kappa shape index (κ1) is 18.4. The maximum atomic E-state index is 3.40. The summed E-state index contributed by atoms with van der Waals surface area (Å²) in [7, 11) is 6.81. The van der Waals surface area contributed by atoms with Crippen LogP contribution in [0.5, 0.6) is 0 Å². The third kappa shape index (κ3) is 1.18. The largest absolute Gasteiger partial charge is 0.125 e. The molecular formula is C40H18P2. The molecule has 9 aromatic carbocycles. The van der Waals surface area contributed by atoms with Crippen molar-refractivity contribution in [3.05, 3.63) is 79.2 Å². The zero-order valence-corrected chi connectivity index (χ0v) is 24.7. The van der Waals surface area contributed by atoms with E-state index < -0.39 is 0 Å². The van der Waals surface area contributed by atoms with E-state index in [-0.39, 0.29) is 10.3 Å². The van der Waals surface area contributed by atoms with E-state index in [0.717, 1.165) is 12.8 Å². The Balaban J connectivity index is 1.43. The summed E-state index contributed by atoms with van der Waals surface area (Å²) < 4.78 is 0. The summed E-state index contributed by atoms with van der Waals surface area (Å²) in [5.41, 5.74) is 15.2. The molecule has 0 amide bonds. The molecule has 0 N–H and O–H groups in total. The molecule has 0 aromatic heterocycles. The zero-order valence-electron chi connectivity index (χ0n) is 22.4. The van der Waals surface area contributed by atoms with Crippen LogP contribution in [0.2, 0.25) is 0 Å². The van der Waals surface area contributed by atoms with Crippen molar-refractivity contribution in [2.24, 2.45) is 11.8 Å². The minimum absolute atomic E-state index is 0.0799. The molecule has 1 fully saturated rings. The van der Waals surface area contributed by atoms with Crippen LogP contribution >= 0.6 is 18.5 Å². The highest BCUT2D eigenvalue weighted by atomic mass is 31.1. The van der Waals surface area contributed by atoms with Crippen LogP contribution < -0.4 is 10.4 Å². The first-order valence-electron chi connectivity index (χ1n) is 16.0. The van der Waals surface area contributed by atoms with E-state index in [1.165, 1.54) is 6.42 Å². The molecule has 188 valence electrons. The number of fused-ring (bicyclic) bond motifs is 1. The van der Waals surface area contributed by atoms with E-state index in [0.29, 0.717) is 17.8 Å². The van der Waals surface area contributed by atoms with Gasteiger partial charge in [0, 0.05) is 22.1 Å². The van der Waals surface area contributed by atoms with Crippen molar-refractivity contribution >= 4 is 116 Å². The minimum atomic E-state index is 0.0799. The summed E-state index contributed by atoms with van der Waals surface area (Å²) in [5, 5.41) is 29.8. The first-order valence-corrected chi connectivity index (χ1v) is 17.1. The molecule has 6 unspecified atom stereocenters. The molecule has 8 aliphatic rings. The summed E-state index contributed by atoms with van der Waals surface area (Å²) in [5.74, 6) is 1.72. The summed E-state index contributed by atoms with van der Waals surface area (Å²) in [6.45, 7) is 0. The SMILES string of the molecule is PC1(P)C2C3=CC4Cc5cc6c7c8c(cc9c%10c%11c%12c(cc%13c%12c%12c(c%14c%15c%16c(c5c7c%16c(c8%10)c%11c%12%15)C4C=%143)C21C=%13)C9)C6. The van der Waals surface area contributed by atoms with Gasteiger partial charge in [-0.05, 0) is 172 Å². The first-order chi connectivity index (χ1) is 20.6. The maximum Gasteiger partial charge on any atom is 0.0365 e. The van der Waals surface area contributed by atoms with Gasteiger partial charge in [0.2, 0.25) is 0 Å². The van der Waals surface area contributed by atoms with Crippen molar-refractivity contribution in [3.63, 3.8) is 0 Å². The van der Waals surface area contributed by atoms with E-state index in [1.54, 1.807) is 147 Å². The molecule has 0 aliphatic heterocycles. The van der Waals surface area contributed by atoms with Gasteiger partial charge in [0.15, 0.2) is 0 Å². The van der Waals surface area contributed by atoms with Gasteiger partial charge in [0.05, 0.1) is 0 Å². The zero-order chi connectivity index (χ0) is 26.0. The lowest BCUT2D eigenvalue weighted by atomic mass is 9.70. The molecule has 0 radical (unpaired) electrons. The van der Waals surface area contributed by atoms with Crippen molar-refractivity contribution in [1.29, 1.82) is 0 Å². The number of hydrogen-bond donors (Lipinski definition) is 0. The monoisotopic (exact) mass is 560 g/mol. The van der Waals surface area contributed by atoms with Crippen LogP contribution in [0.1, 0.15) is 44.9 Å². The molecule has 42 heavy (non-hydrogen) atoms. The predicted molar refractivity (Wildman–Crippen MR) is 180 cm³/mol. The Kier molecular flexibility index (Phi) is 1.95. The van der Waals surface area contributed by atoms with Crippen LogP contribution in [-0.4, -0.2) is 4.90 Å². The Morgan fingerprint density at radius 3 is 2.02 bits per heavy atom.